The third kappa shape index (κ3) is 3.97. The van der Waals surface area contributed by atoms with E-state index in [1.54, 1.807) is 0 Å². The molecule has 0 fully saturated rings. The van der Waals surface area contributed by atoms with Gasteiger partial charge in [-0.25, -0.2) is 8.78 Å². The van der Waals surface area contributed by atoms with Crippen LogP contribution in [0.15, 0.2) is 12.1 Å². The Kier molecular flexibility index (Phi) is 5.35. The highest BCUT2D eigenvalue weighted by molar-refractivity contribution is 5.31. The van der Waals surface area contributed by atoms with Crippen LogP contribution in [0.3, 0.4) is 0 Å². The van der Waals surface area contributed by atoms with Gasteiger partial charge in [-0.15, -0.1) is 0 Å². The summed E-state index contributed by atoms with van der Waals surface area (Å²) >= 11 is 0. The largest absolute Gasteiger partial charge is 0.490 e. The smallest absolute Gasteiger partial charge is 0.165 e. The van der Waals surface area contributed by atoms with Gasteiger partial charge in [0.1, 0.15) is 5.82 Å². The molecule has 2 nitrogen and oxygen atoms in total. The van der Waals surface area contributed by atoms with Gasteiger partial charge in [-0.2, -0.15) is 0 Å². The number of halogens is 2. The van der Waals surface area contributed by atoms with Crippen molar-refractivity contribution < 1.29 is 13.5 Å². The molecule has 0 radical (unpaired) electrons. The predicted octanol–water partition coefficient (Wildman–Crippen LogP) is 3.03. The summed E-state index contributed by atoms with van der Waals surface area (Å²) in [6.07, 6.45) is 1.83. The van der Waals surface area contributed by atoms with E-state index in [2.05, 4.69) is 0 Å². The van der Waals surface area contributed by atoms with E-state index in [4.69, 9.17) is 10.5 Å². The summed E-state index contributed by atoms with van der Waals surface area (Å²) in [4.78, 5) is 0. The minimum absolute atomic E-state index is 0.0295. The second-order valence-corrected chi connectivity index (χ2v) is 4.09. The van der Waals surface area contributed by atoms with Crippen LogP contribution in [0.2, 0.25) is 0 Å². The maximum absolute atomic E-state index is 13.7. The molecule has 1 aromatic rings. The van der Waals surface area contributed by atoms with Crippen LogP contribution in [0.4, 0.5) is 8.78 Å². The first-order valence-electron chi connectivity index (χ1n) is 5.94. The molecule has 4 heteroatoms. The molecule has 0 spiro atoms. The summed E-state index contributed by atoms with van der Waals surface area (Å²) in [6.45, 7) is 4.20. The van der Waals surface area contributed by atoms with Crippen molar-refractivity contribution in [3.8, 4) is 5.75 Å². The van der Waals surface area contributed by atoms with Crippen LogP contribution in [-0.4, -0.2) is 12.6 Å². The minimum atomic E-state index is -0.529. The number of benzene rings is 1. The van der Waals surface area contributed by atoms with Gasteiger partial charge in [0.25, 0.3) is 0 Å². The van der Waals surface area contributed by atoms with Gasteiger partial charge in [-0.3, -0.25) is 0 Å². The third-order valence-electron chi connectivity index (χ3n) is 2.57. The van der Waals surface area contributed by atoms with Crippen LogP contribution in [0.25, 0.3) is 0 Å². The maximum Gasteiger partial charge on any atom is 0.165 e. The van der Waals surface area contributed by atoms with Gasteiger partial charge in [0.15, 0.2) is 11.6 Å². The topological polar surface area (TPSA) is 35.2 Å². The normalized spacial score (nSPS) is 12.5. The lowest BCUT2D eigenvalue weighted by atomic mass is 10.0. The van der Waals surface area contributed by atoms with Crippen LogP contribution < -0.4 is 10.5 Å². The van der Waals surface area contributed by atoms with Crippen LogP contribution in [-0.2, 0) is 6.42 Å². The molecule has 0 bridgehead atoms. The van der Waals surface area contributed by atoms with Gasteiger partial charge in [0.05, 0.1) is 6.61 Å². The molecule has 0 aliphatic carbocycles. The standard InChI is InChI=1S/C13H19F2NO/c1-3-5-17-13-8-11(14)9(7-12(13)15)6-10(16)4-2/h7-8,10H,3-6,16H2,1-2H3. The minimum Gasteiger partial charge on any atom is -0.490 e. The first kappa shape index (κ1) is 13.9. The van der Waals surface area contributed by atoms with E-state index in [0.29, 0.717) is 18.6 Å². The molecule has 1 atom stereocenters. The van der Waals surface area contributed by atoms with E-state index in [1.165, 1.54) is 6.07 Å². The number of hydrogen-bond acceptors (Lipinski definition) is 2. The molecule has 0 amide bonds. The Morgan fingerprint density at radius 3 is 2.53 bits per heavy atom. The lowest BCUT2D eigenvalue weighted by molar-refractivity contribution is 0.299. The molecule has 0 aliphatic heterocycles. The molecule has 96 valence electrons. The Morgan fingerprint density at radius 2 is 1.94 bits per heavy atom. The SMILES string of the molecule is CCCOc1cc(F)c(CC(N)CC)cc1F. The number of hydrogen-bond donors (Lipinski definition) is 1. The van der Waals surface area contributed by atoms with Crippen molar-refractivity contribution in [2.24, 2.45) is 5.73 Å². The first-order chi connectivity index (χ1) is 8.08. The summed E-state index contributed by atoms with van der Waals surface area (Å²) in [5.41, 5.74) is 6.03. The summed E-state index contributed by atoms with van der Waals surface area (Å²) in [5.74, 6) is -1.02. The zero-order chi connectivity index (χ0) is 12.8. The van der Waals surface area contributed by atoms with Crippen LogP contribution >= 0.6 is 0 Å². The molecule has 0 aromatic heterocycles. The van der Waals surface area contributed by atoms with Gasteiger partial charge < -0.3 is 10.5 Å². The van der Waals surface area contributed by atoms with Crippen molar-refractivity contribution in [2.75, 3.05) is 6.61 Å². The number of ether oxygens (including phenoxy) is 1. The molecular weight excluding hydrogens is 224 g/mol. The average Bonchev–Trinajstić information content (AvgIpc) is 2.31. The molecule has 2 N–H and O–H groups in total. The second-order valence-electron chi connectivity index (χ2n) is 4.09. The van der Waals surface area contributed by atoms with E-state index < -0.39 is 11.6 Å². The molecule has 1 unspecified atom stereocenters. The fourth-order valence-corrected chi connectivity index (χ4v) is 1.48. The highest BCUT2D eigenvalue weighted by atomic mass is 19.1. The molecule has 1 rings (SSSR count). The second kappa shape index (κ2) is 6.55. The zero-order valence-corrected chi connectivity index (χ0v) is 10.3. The monoisotopic (exact) mass is 243 g/mol. The van der Waals surface area contributed by atoms with Crippen molar-refractivity contribution in [2.45, 2.75) is 39.2 Å². The van der Waals surface area contributed by atoms with Crippen LogP contribution in [0, 0.1) is 11.6 Å². The Balaban J connectivity index is 2.85. The molecule has 0 aliphatic rings. The van der Waals surface area contributed by atoms with Gasteiger partial charge in [-0.05, 0) is 30.9 Å². The summed E-state index contributed by atoms with van der Waals surface area (Å²) in [7, 11) is 0. The Hall–Kier alpha value is -1.16. The molecule has 17 heavy (non-hydrogen) atoms. The maximum atomic E-state index is 13.7. The highest BCUT2D eigenvalue weighted by Gasteiger charge is 2.13. The van der Waals surface area contributed by atoms with E-state index in [0.717, 1.165) is 18.9 Å². The molecular formula is C13H19F2NO. The molecule has 0 saturated carbocycles. The van der Waals surface area contributed by atoms with Gasteiger partial charge in [0.2, 0.25) is 0 Å². The fraction of sp³-hybridized carbons (Fsp3) is 0.538. The lowest BCUT2D eigenvalue weighted by Gasteiger charge is -2.12. The molecule has 1 aromatic carbocycles. The van der Waals surface area contributed by atoms with Crippen LogP contribution in [0.5, 0.6) is 5.75 Å². The van der Waals surface area contributed by atoms with Crippen molar-refractivity contribution >= 4 is 0 Å². The summed E-state index contributed by atoms with van der Waals surface area (Å²) < 4.78 is 32.3. The molecule has 0 saturated heterocycles. The Labute approximate surface area is 101 Å². The quantitative estimate of drug-likeness (QED) is 0.833. The van der Waals surface area contributed by atoms with Gasteiger partial charge in [-0.1, -0.05) is 13.8 Å². The van der Waals surface area contributed by atoms with Gasteiger partial charge >= 0.3 is 0 Å². The predicted molar refractivity (Wildman–Crippen MR) is 64.1 cm³/mol. The summed E-state index contributed by atoms with van der Waals surface area (Å²) in [6, 6.07) is 2.13. The van der Waals surface area contributed by atoms with E-state index in [9.17, 15) is 8.78 Å². The Bertz CT molecular complexity index is 369. The number of rotatable bonds is 6. The van der Waals surface area contributed by atoms with Crippen LogP contribution in [0.1, 0.15) is 32.3 Å². The highest BCUT2D eigenvalue weighted by Crippen LogP contribution is 2.22. The van der Waals surface area contributed by atoms with E-state index in [-0.39, 0.29) is 11.8 Å². The van der Waals surface area contributed by atoms with Crippen molar-refractivity contribution in [1.29, 1.82) is 0 Å². The van der Waals surface area contributed by atoms with Crippen molar-refractivity contribution in [3.05, 3.63) is 29.3 Å². The van der Waals surface area contributed by atoms with E-state index in [1.807, 2.05) is 13.8 Å². The Morgan fingerprint density at radius 1 is 1.24 bits per heavy atom. The molecule has 0 heterocycles. The van der Waals surface area contributed by atoms with Crippen molar-refractivity contribution in [1.82, 2.24) is 0 Å². The third-order valence-corrected chi connectivity index (χ3v) is 2.57. The first-order valence-corrected chi connectivity index (χ1v) is 5.94. The number of nitrogens with two attached hydrogens (primary N) is 1. The summed E-state index contributed by atoms with van der Waals surface area (Å²) in [5, 5.41) is 0. The lowest BCUT2D eigenvalue weighted by Crippen LogP contribution is -2.22. The average molecular weight is 243 g/mol. The zero-order valence-electron chi connectivity index (χ0n) is 10.3. The van der Waals surface area contributed by atoms with E-state index >= 15 is 0 Å². The van der Waals surface area contributed by atoms with Gasteiger partial charge in [0, 0.05) is 12.1 Å². The fourth-order valence-electron chi connectivity index (χ4n) is 1.48. The van der Waals surface area contributed by atoms with Crippen molar-refractivity contribution in [3.63, 3.8) is 0 Å².